The van der Waals surface area contributed by atoms with Crippen LogP contribution < -0.4 is 30.9 Å². The zero-order chi connectivity index (χ0) is 38.4. The van der Waals surface area contributed by atoms with Gasteiger partial charge in [-0.2, -0.15) is 9.65 Å². The molecule has 2 amide bonds. The van der Waals surface area contributed by atoms with Crippen LogP contribution in [0.2, 0.25) is 0 Å². The summed E-state index contributed by atoms with van der Waals surface area (Å²) < 4.78 is 17.0. The number of nitrogens with zero attached hydrogens (tertiary/aromatic N) is 7. The van der Waals surface area contributed by atoms with Gasteiger partial charge in [-0.1, -0.05) is 0 Å². The number of aromatic nitrogens is 2. The van der Waals surface area contributed by atoms with Gasteiger partial charge in [0.25, 0.3) is 5.56 Å². The van der Waals surface area contributed by atoms with Gasteiger partial charge < -0.3 is 29.5 Å². The maximum atomic E-state index is 15.2. The Labute approximate surface area is 320 Å². The molecule has 13 heteroatoms. The summed E-state index contributed by atoms with van der Waals surface area (Å²) in [4.78, 5) is 50.1. The summed E-state index contributed by atoms with van der Waals surface area (Å²) in [7, 11) is 3.95. The van der Waals surface area contributed by atoms with Crippen LogP contribution in [0.3, 0.4) is 0 Å². The van der Waals surface area contributed by atoms with Crippen LogP contribution in [0, 0.1) is 30.1 Å². The number of imide groups is 1. The summed E-state index contributed by atoms with van der Waals surface area (Å²) in [6.45, 7) is 8.00. The molecule has 2 N–H and O–H groups in total. The third-order valence-electron chi connectivity index (χ3n) is 12.2. The van der Waals surface area contributed by atoms with E-state index in [4.69, 9.17) is 0 Å². The number of carbonyl (C=O) groups excluding carboxylic acids is 2. The molecule has 3 fully saturated rings. The molecule has 0 bridgehead atoms. The second-order valence-electron chi connectivity index (χ2n) is 15.7. The lowest BCUT2D eigenvalue weighted by atomic mass is 9.87. The molecule has 0 saturated carbocycles. The van der Waals surface area contributed by atoms with E-state index < -0.39 is 17.9 Å². The Morgan fingerprint density at radius 2 is 1.64 bits per heavy atom. The molecule has 1 atom stereocenters. The number of nitriles is 1. The van der Waals surface area contributed by atoms with E-state index >= 15 is 4.39 Å². The largest absolute Gasteiger partial charge is 0.371 e. The molecule has 6 heterocycles. The predicted molar refractivity (Wildman–Crippen MR) is 213 cm³/mol. The normalized spacial score (nSPS) is 20.1. The Morgan fingerprint density at radius 3 is 2.36 bits per heavy atom. The number of likely N-dealkylation sites (tertiary alicyclic amines) is 1. The Morgan fingerprint density at radius 1 is 0.873 bits per heavy atom. The molecule has 4 aliphatic rings. The van der Waals surface area contributed by atoms with Crippen LogP contribution in [-0.4, -0.2) is 85.2 Å². The van der Waals surface area contributed by atoms with E-state index in [1.165, 1.54) is 5.56 Å². The highest BCUT2D eigenvalue weighted by atomic mass is 19.1. The number of pyridine rings is 2. The molecule has 2 aromatic heterocycles. The number of amides is 2. The van der Waals surface area contributed by atoms with Crippen LogP contribution in [0.1, 0.15) is 61.1 Å². The topological polar surface area (TPSA) is 130 Å². The number of piperidine rings is 3. The van der Waals surface area contributed by atoms with Gasteiger partial charge in [0.15, 0.2) is 0 Å². The van der Waals surface area contributed by atoms with Crippen molar-refractivity contribution in [1.82, 2.24) is 19.8 Å². The van der Waals surface area contributed by atoms with Crippen molar-refractivity contribution in [3.05, 3.63) is 81.5 Å². The molecular formula is C42H48FN9O3. The summed E-state index contributed by atoms with van der Waals surface area (Å²) in [6, 6.07) is 17.6. The summed E-state index contributed by atoms with van der Waals surface area (Å²) in [5, 5.41) is 16.1. The number of nitrogens with one attached hydrogen (secondary N) is 2. The van der Waals surface area contributed by atoms with Crippen LogP contribution in [0.15, 0.2) is 53.3 Å². The van der Waals surface area contributed by atoms with Crippen LogP contribution in [0.5, 0.6) is 0 Å². The Balaban J connectivity index is 0.924. The highest BCUT2D eigenvalue weighted by Crippen LogP contribution is 2.43. The van der Waals surface area contributed by atoms with Crippen LogP contribution >= 0.6 is 0 Å². The average molecular weight is 746 g/mol. The van der Waals surface area contributed by atoms with Gasteiger partial charge in [-0.25, -0.2) is 4.98 Å². The van der Waals surface area contributed by atoms with E-state index in [1.807, 2.05) is 38.2 Å². The first-order valence-corrected chi connectivity index (χ1v) is 19.5. The minimum absolute atomic E-state index is 0.0137. The smallest absolute Gasteiger partial charge is 0.253 e. The fourth-order valence-electron chi connectivity index (χ4n) is 8.98. The second kappa shape index (κ2) is 15.0. The number of rotatable bonds is 7. The molecule has 4 aliphatic heterocycles. The lowest BCUT2D eigenvalue weighted by Gasteiger charge is -2.39. The van der Waals surface area contributed by atoms with E-state index in [9.17, 15) is 19.6 Å². The van der Waals surface area contributed by atoms with Crippen molar-refractivity contribution in [3.63, 3.8) is 0 Å². The lowest BCUT2D eigenvalue weighted by Crippen LogP contribution is -2.47. The van der Waals surface area contributed by atoms with E-state index in [2.05, 4.69) is 60.5 Å². The third-order valence-corrected chi connectivity index (χ3v) is 12.2. The number of likely N-dealkylation sites (N-methyl/N-ethyl adjacent to an activating group) is 1. The van der Waals surface area contributed by atoms with E-state index in [-0.39, 0.29) is 23.7 Å². The van der Waals surface area contributed by atoms with Crippen molar-refractivity contribution in [2.75, 3.05) is 72.9 Å². The number of fused-ring (bicyclic) bond motifs is 2. The number of hydrogen-bond acceptors (Lipinski definition) is 10. The molecule has 286 valence electrons. The van der Waals surface area contributed by atoms with Gasteiger partial charge in [0.2, 0.25) is 17.8 Å². The molecular weight excluding hydrogens is 698 g/mol. The van der Waals surface area contributed by atoms with Crippen molar-refractivity contribution >= 4 is 51.3 Å². The van der Waals surface area contributed by atoms with Gasteiger partial charge in [0.1, 0.15) is 11.9 Å². The quantitative estimate of drug-likeness (QED) is 0.194. The van der Waals surface area contributed by atoms with E-state index in [0.29, 0.717) is 35.1 Å². The monoisotopic (exact) mass is 745 g/mol. The molecule has 3 saturated heterocycles. The number of halogens is 1. The number of anilines is 5. The average Bonchev–Trinajstić information content (AvgIpc) is 3.19. The van der Waals surface area contributed by atoms with Crippen molar-refractivity contribution in [2.24, 2.45) is 13.0 Å². The van der Waals surface area contributed by atoms with Crippen LogP contribution in [-0.2, 0) is 16.6 Å². The van der Waals surface area contributed by atoms with Crippen molar-refractivity contribution in [2.45, 2.75) is 57.4 Å². The predicted octanol–water partition coefficient (Wildman–Crippen LogP) is 5.15. The Kier molecular flexibility index (Phi) is 9.94. The Hall–Kier alpha value is -5.48. The van der Waals surface area contributed by atoms with Gasteiger partial charge in [-0.3, -0.25) is 19.7 Å². The SMILES string of the molecule is Cc1cc2c(N3CCN(C)c4ccc(C#N)cc43)cc(C3CCN(CC4CCN(c5ccc(NC6CCC(=O)NC6=O)nc5F)CC4)CC3)cc2n(C)c1=O. The summed E-state index contributed by atoms with van der Waals surface area (Å²) in [5.41, 5.74) is 7.18. The minimum atomic E-state index is -0.610. The van der Waals surface area contributed by atoms with Crippen LogP contribution in [0.25, 0.3) is 10.9 Å². The number of aryl methyl sites for hydroxylation is 2. The molecule has 55 heavy (non-hydrogen) atoms. The summed E-state index contributed by atoms with van der Waals surface area (Å²) >= 11 is 0. The van der Waals surface area contributed by atoms with Crippen molar-refractivity contribution < 1.29 is 14.0 Å². The second-order valence-corrected chi connectivity index (χ2v) is 15.7. The zero-order valence-electron chi connectivity index (χ0n) is 31.8. The van der Waals surface area contributed by atoms with E-state index in [1.54, 1.807) is 16.7 Å². The Bertz CT molecular complexity index is 2250. The third kappa shape index (κ3) is 7.23. The number of hydrogen-bond donors (Lipinski definition) is 2. The summed E-state index contributed by atoms with van der Waals surface area (Å²) in [5.74, 6) is -0.0998. The molecule has 12 nitrogen and oxygen atoms in total. The first-order chi connectivity index (χ1) is 26.6. The molecule has 0 aliphatic carbocycles. The standard InChI is InChI=1S/C42H48FN9O3/c1-26-20-31-35(49(3)42(26)55)22-30(23-36(31)52-19-18-48(2)33-6-4-28(24-44)21-37(33)52)29-12-14-50(15-13-29)25-27-10-16-51(17-11-27)34-7-8-38(46-40(34)43)45-32-5-9-39(53)47-41(32)54/h4,6-8,20-23,27,29,32H,5,9-19,25H2,1-3H3,(H,45,46)(H,47,53,54). The van der Waals surface area contributed by atoms with Gasteiger partial charge in [0, 0.05) is 64.2 Å². The molecule has 1 unspecified atom stereocenters. The van der Waals surface area contributed by atoms with Gasteiger partial charge in [-0.15, -0.1) is 0 Å². The van der Waals surface area contributed by atoms with Crippen molar-refractivity contribution in [1.29, 1.82) is 5.26 Å². The molecule has 0 spiro atoms. The van der Waals surface area contributed by atoms with Gasteiger partial charge in [0.05, 0.1) is 39.9 Å². The molecule has 8 rings (SSSR count). The zero-order valence-corrected chi connectivity index (χ0v) is 31.8. The highest BCUT2D eigenvalue weighted by molar-refractivity contribution is 6.01. The van der Waals surface area contributed by atoms with Gasteiger partial charge in [-0.05, 0) is 118 Å². The van der Waals surface area contributed by atoms with Crippen LogP contribution in [0.4, 0.5) is 33.0 Å². The fourth-order valence-corrected chi connectivity index (χ4v) is 8.98. The minimum Gasteiger partial charge on any atom is -0.371 e. The molecule has 0 radical (unpaired) electrons. The maximum Gasteiger partial charge on any atom is 0.253 e. The molecule has 4 aromatic rings. The number of carbonyl (C=O) groups is 2. The number of benzene rings is 2. The van der Waals surface area contributed by atoms with Gasteiger partial charge >= 0.3 is 0 Å². The summed E-state index contributed by atoms with van der Waals surface area (Å²) in [6.07, 6.45) is 4.58. The lowest BCUT2D eigenvalue weighted by molar-refractivity contribution is -0.133. The highest BCUT2D eigenvalue weighted by Gasteiger charge is 2.30. The fraction of sp³-hybridized carbons (Fsp3) is 0.452. The molecule has 2 aromatic carbocycles. The van der Waals surface area contributed by atoms with Crippen molar-refractivity contribution in [3.8, 4) is 6.07 Å². The first-order valence-electron chi connectivity index (χ1n) is 19.5. The van der Waals surface area contributed by atoms with E-state index in [0.717, 1.165) is 99.5 Å². The first kappa shape index (κ1) is 36.5. The maximum absolute atomic E-state index is 15.2.